The summed E-state index contributed by atoms with van der Waals surface area (Å²) in [4.78, 5) is 11.1. The SMILES string of the molecule is Cc1cccc(-c2ccn(N)c2C(=O)O)c1. The van der Waals surface area contributed by atoms with Crippen LogP contribution in [0.1, 0.15) is 16.1 Å². The molecule has 0 saturated heterocycles. The van der Waals surface area contributed by atoms with E-state index in [1.165, 1.54) is 0 Å². The number of benzene rings is 1. The zero-order valence-electron chi connectivity index (χ0n) is 8.84. The maximum absolute atomic E-state index is 11.1. The van der Waals surface area contributed by atoms with E-state index in [2.05, 4.69) is 0 Å². The van der Waals surface area contributed by atoms with Crippen molar-refractivity contribution in [2.45, 2.75) is 6.92 Å². The molecule has 0 atom stereocenters. The zero-order valence-corrected chi connectivity index (χ0v) is 8.84. The standard InChI is InChI=1S/C12H12N2O2/c1-8-3-2-4-9(7-8)10-5-6-14(13)11(10)12(15)16/h2-7H,13H2,1H3,(H,15,16). The molecule has 1 aromatic heterocycles. The van der Waals surface area contributed by atoms with Crippen LogP contribution in [0, 0.1) is 6.92 Å². The fourth-order valence-corrected chi connectivity index (χ4v) is 1.72. The number of aromatic carboxylic acids is 1. The molecule has 0 fully saturated rings. The monoisotopic (exact) mass is 216 g/mol. The average molecular weight is 216 g/mol. The first-order valence-corrected chi connectivity index (χ1v) is 4.86. The van der Waals surface area contributed by atoms with E-state index in [1.54, 1.807) is 12.3 Å². The molecule has 3 N–H and O–H groups in total. The lowest BCUT2D eigenvalue weighted by Crippen LogP contribution is -2.15. The number of hydrogen-bond donors (Lipinski definition) is 2. The molecule has 82 valence electrons. The Morgan fingerprint density at radius 2 is 2.12 bits per heavy atom. The highest BCUT2D eigenvalue weighted by Gasteiger charge is 2.16. The average Bonchev–Trinajstić information content (AvgIpc) is 2.60. The van der Waals surface area contributed by atoms with Crippen molar-refractivity contribution in [3.63, 3.8) is 0 Å². The number of aromatic nitrogens is 1. The molecule has 0 aliphatic heterocycles. The maximum atomic E-state index is 11.1. The molecule has 0 aliphatic rings. The van der Waals surface area contributed by atoms with Crippen LogP contribution >= 0.6 is 0 Å². The van der Waals surface area contributed by atoms with Gasteiger partial charge in [0.1, 0.15) is 0 Å². The van der Waals surface area contributed by atoms with Gasteiger partial charge in [-0.25, -0.2) is 4.79 Å². The second-order valence-electron chi connectivity index (χ2n) is 3.66. The van der Waals surface area contributed by atoms with Gasteiger partial charge in [0.15, 0.2) is 5.69 Å². The first kappa shape index (κ1) is 10.3. The van der Waals surface area contributed by atoms with E-state index in [-0.39, 0.29) is 5.69 Å². The Balaban J connectivity index is 2.60. The van der Waals surface area contributed by atoms with E-state index in [0.717, 1.165) is 15.8 Å². The third kappa shape index (κ3) is 1.65. The van der Waals surface area contributed by atoms with Crippen molar-refractivity contribution >= 4 is 5.97 Å². The fourth-order valence-electron chi connectivity index (χ4n) is 1.72. The summed E-state index contributed by atoms with van der Waals surface area (Å²) < 4.78 is 1.12. The van der Waals surface area contributed by atoms with Gasteiger partial charge in [-0.05, 0) is 18.6 Å². The normalized spacial score (nSPS) is 10.3. The number of nitrogen functional groups attached to an aromatic ring is 1. The van der Waals surface area contributed by atoms with Crippen LogP contribution in [0.15, 0.2) is 36.5 Å². The maximum Gasteiger partial charge on any atom is 0.355 e. The summed E-state index contributed by atoms with van der Waals surface area (Å²) in [6, 6.07) is 9.36. The molecule has 2 rings (SSSR count). The molecule has 0 saturated carbocycles. The Labute approximate surface area is 92.9 Å². The van der Waals surface area contributed by atoms with Gasteiger partial charge in [0.2, 0.25) is 0 Å². The van der Waals surface area contributed by atoms with Crippen molar-refractivity contribution < 1.29 is 9.90 Å². The molecule has 16 heavy (non-hydrogen) atoms. The molecule has 0 amide bonds. The Kier molecular flexibility index (Phi) is 2.40. The van der Waals surface area contributed by atoms with Crippen LogP contribution in [0.4, 0.5) is 0 Å². The molecule has 4 heteroatoms. The van der Waals surface area contributed by atoms with Crippen LogP contribution in [-0.2, 0) is 0 Å². The molecule has 2 aromatic rings. The lowest BCUT2D eigenvalue weighted by atomic mass is 10.0. The van der Waals surface area contributed by atoms with Gasteiger partial charge in [0.25, 0.3) is 0 Å². The predicted octanol–water partition coefficient (Wildman–Crippen LogP) is 1.88. The van der Waals surface area contributed by atoms with Crippen LogP contribution in [0.25, 0.3) is 11.1 Å². The molecular formula is C12H12N2O2. The third-order valence-corrected chi connectivity index (χ3v) is 2.45. The molecule has 1 heterocycles. The van der Waals surface area contributed by atoms with Gasteiger partial charge in [-0.3, -0.25) is 4.68 Å². The molecule has 0 aliphatic carbocycles. The van der Waals surface area contributed by atoms with E-state index in [4.69, 9.17) is 10.9 Å². The van der Waals surface area contributed by atoms with Gasteiger partial charge < -0.3 is 10.9 Å². The number of carbonyl (C=O) groups is 1. The van der Waals surface area contributed by atoms with Crippen LogP contribution in [0.2, 0.25) is 0 Å². The highest BCUT2D eigenvalue weighted by Crippen LogP contribution is 2.24. The van der Waals surface area contributed by atoms with Gasteiger partial charge in [-0.15, -0.1) is 0 Å². The smallest absolute Gasteiger partial charge is 0.355 e. The van der Waals surface area contributed by atoms with Crippen molar-refractivity contribution in [1.29, 1.82) is 0 Å². The fraction of sp³-hybridized carbons (Fsp3) is 0.0833. The lowest BCUT2D eigenvalue weighted by Gasteiger charge is -2.03. The van der Waals surface area contributed by atoms with E-state index < -0.39 is 5.97 Å². The molecule has 0 spiro atoms. The molecular weight excluding hydrogens is 204 g/mol. The van der Waals surface area contributed by atoms with E-state index >= 15 is 0 Å². The van der Waals surface area contributed by atoms with Crippen molar-refractivity contribution in [3.8, 4) is 11.1 Å². The zero-order chi connectivity index (χ0) is 11.7. The van der Waals surface area contributed by atoms with Crippen molar-refractivity contribution in [3.05, 3.63) is 47.8 Å². The number of carboxylic acid groups (broad SMARTS) is 1. The first-order valence-electron chi connectivity index (χ1n) is 4.86. The Bertz CT molecular complexity index is 544. The van der Waals surface area contributed by atoms with E-state index in [0.29, 0.717) is 5.56 Å². The van der Waals surface area contributed by atoms with Gasteiger partial charge in [0.05, 0.1) is 0 Å². The van der Waals surface area contributed by atoms with Crippen molar-refractivity contribution in [2.24, 2.45) is 0 Å². The summed E-state index contributed by atoms with van der Waals surface area (Å²) >= 11 is 0. The molecule has 1 aromatic carbocycles. The van der Waals surface area contributed by atoms with Gasteiger partial charge in [-0.1, -0.05) is 29.8 Å². The number of aryl methyl sites for hydroxylation is 1. The first-order chi connectivity index (χ1) is 7.59. The summed E-state index contributed by atoms with van der Waals surface area (Å²) in [6.45, 7) is 1.96. The lowest BCUT2D eigenvalue weighted by molar-refractivity contribution is 0.0688. The van der Waals surface area contributed by atoms with Gasteiger partial charge >= 0.3 is 5.97 Å². The second kappa shape index (κ2) is 3.73. The van der Waals surface area contributed by atoms with Gasteiger partial charge in [0, 0.05) is 11.8 Å². The Hall–Kier alpha value is -2.23. The second-order valence-corrected chi connectivity index (χ2v) is 3.66. The Morgan fingerprint density at radius 3 is 2.75 bits per heavy atom. The topological polar surface area (TPSA) is 68.2 Å². The highest BCUT2D eigenvalue weighted by atomic mass is 16.4. The number of rotatable bonds is 2. The summed E-state index contributed by atoms with van der Waals surface area (Å²) in [7, 11) is 0. The third-order valence-electron chi connectivity index (χ3n) is 2.45. The molecule has 0 radical (unpaired) electrons. The molecule has 0 bridgehead atoms. The summed E-state index contributed by atoms with van der Waals surface area (Å²) in [5.74, 6) is 4.53. The number of hydrogen-bond acceptors (Lipinski definition) is 2. The van der Waals surface area contributed by atoms with Crippen LogP contribution in [0.5, 0.6) is 0 Å². The van der Waals surface area contributed by atoms with Crippen molar-refractivity contribution in [1.82, 2.24) is 4.68 Å². The van der Waals surface area contributed by atoms with E-state index in [9.17, 15) is 4.79 Å². The minimum absolute atomic E-state index is 0.102. The summed E-state index contributed by atoms with van der Waals surface area (Å²) in [5, 5.41) is 9.07. The van der Waals surface area contributed by atoms with Crippen LogP contribution in [0.3, 0.4) is 0 Å². The van der Waals surface area contributed by atoms with E-state index in [1.807, 2.05) is 31.2 Å². The van der Waals surface area contributed by atoms with Crippen LogP contribution < -0.4 is 5.84 Å². The number of nitrogens with zero attached hydrogens (tertiary/aromatic N) is 1. The Morgan fingerprint density at radius 1 is 1.38 bits per heavy atom. The largest absolute Gasteiger partial charge is 0.476 e. The highest BCUT2D eigenvalue weighted by molar-refractivity contribution is 5.94. The quantitative estimate of drug-likeness (QED) is 0.753. The predicted molar refractivity (Wildman–Crippen MR) is 61.7 cm³/mol. The van der Waals surface area contributed by atoms with Gasteiger partial charge in [-0.2, -0.15) is 0 Å². The van der Waals surface area contributed by atoms with Crippen LogP contribution in [-0.4, -0.2) is 15.8 Å². The number of nitrogens with two attached hydrogens (primary N) is 1. The molecule has 4 nitrogen and oxygen atoms in total. The summed E-state index contributed by atoms with van der Waals surface area (Å²) in [6.07, 6.45) is 1.54. The number of carboxylic acids is 1. The summed E-state index contributed by atoms with van der Waals surface area (Å²) in [5.41, 5.74) is 2.68. The minimum atomic E-state index is -1.02. The minimum Gasteiger partial charge on any atom is -0.476 e. The van der Waals surface area contributed by atoms with Crippen molar-refractivity contribution in [2.75, 3.05) is 5.84 Å². The molecule has 0 unspecified atom stereocenters.